The molecule has 0 unspecified atom stereocenters. The third-order valence-electron chi connectivity index (χ3n) is 4.80. The molecule has 1 saturated heterocycles. The fourth-order valence-electron chi connectivity index (χ4n) is 3.52. The molecule has 1 aromatic heterocycles. The van der Waals surface area contributed by atoms with Crippen LogP contribution in [0.1, 0.15) is 23.2 Å². The van der Waals surface area contributed by atoms with Gasteiger partial charge in [-0.2, -0.15) is 0 Å². The van der Waals surface area contributed by atoms with Crippen molar-refractivity contribution in [3.05, 3.63) is 65.5 Å². The Balaban J connectivity index is 1.41. The number of benzene rings is 1. The predicted molar refractivity (Wildman–Crippen MR) is 88.5 cm³/mol. The Morgan fingerprint density at radius 2 is 1.79 bits per heavy atom. The smallest absolute Gasteiger partial charge is 0.228 e. The van der Waals surface area contributed by atoms with Crippen LogP contribution < -0.4 is 0 Å². The molecule has 3 heterocycles. The second-order valence-electron chi connectivity index (χ2n) is 6.46. The summed E-state index contributed by atoms with van der Waals surface area (Å²) in [5, 5.41) is 0. The van der Waals surface area contributed by atoms with Gasteiger partial charge in [0.15, 0.2) is 0 Å². The second kappa shape index (κ2) is 6.07. The molecule has 2 aromatic rings. The quantitative estimate of drug-likeness (QED) is 0.868. The molecule has 0 aliphatic carbocycles. The Kier molecular flexibility index (Phi) is 3.76. The average molecular weight is 321 g/mol. The highest BCUT2D eigenvalue weighted by molar-refractivity contribution is 5.89. The van der Waals surface area contributed by atoms with Crippen molar-refractivity contribution < 1.29 is 9.59 Å². The highest BCUT2D eigenvalue weighted by Gasteiger charge is 2.37. The summed E-state index contributed by atoms with van der Waals surface area (Å²) in [6, 6.07) is 13.8. The van der Waals surface area contributed by atoms with Gasteiger partial charge in [0, 0.05) is 32.3 Å². The number of pyridine rings is 1. The number of hydrogen-bond acceptors (Lipinski definition) is 3. The third kappa shape index (κ3) is 2.77. The Hall–Kier alpha value is -2.69. The van der Waals surface area contributed by atoms with Gasteiger partial charge in [-0.05, 0) is 23.3 Å². The molecule has 24 heavy (non-hydrogen) atoms. The minimum atomic E-state index is -0.240. The zero-order valence-electron chi connectivity index (χ0n) is 13.4. The molecule has 5 heteroatoms. The number of aromatic nitrogens is 1. The first-order valence-electron chi connectivity index (χ1n) is 8.24. The lowest BCUT2D eigenvalue weighted by molar-refractivity contribution is -0.136. The molecule has 1 aromatic carbocycles. The van der Waals surface area contributed by atoms with Gasteiger partial charge in [0.1, 0.15) is 0 Å². The summed E-state index contributed by atoms with van der Waals surface area (Å²) in [7, 11) is 0. The second-order valence-corrected chi connectivity index (χ2v) is 6.46. The topological polar surface area (TPSA) is 53.5 Å². The maximum Gasteiger partial charge on any atom is 0.228 e. The third-order valence-corrected chi connectivity index (χ3v) is 4.80. The Bertz CT molecular complexity index is 750. The van der Waals surface area contributed by atoms with Gasteiger partial charge >= 0.3 is 0 Å². The largest absolute Gasteiger partial charge is 0.336 e. The number of amides is 2. The molecule has 1 fully saturated rings. The van der Waals surface area contributed by atoms with Crippen LogP contribution in [0.2, 0.25) is 0 Å². The number of rotatable bonds is 3. The molecule has 2 aliphatic heterocycles. The van der Waals surface area contributed by atoms with E-state index in [2.05, 4.69) is 17.1 Å². The Morgan fingerprint density at radius 3 is 2.46 bits per heavy atom. The molecule has 0 radical (unpaired) electrons. The summed E-state index contributed by atoms with van der Waals surface area (Å²) in [4.78, 5) is 32.9. The van der Waals surface area contributed by atoms with Crippen LogP contribution in [0.15, 0.2) is 48.7 Å². The summed E-state index contributed by atoms with van der Waals surface area (Å²) in [6.45, 7) is 2.27. The van der Waals surface area contributed by atoms with Crippen LogP contribution in [0, 0.1) is 5.92 Å². The maximum absolute atomic E-state index is 12.8. The number of carbonyl (C=O) groups excluding carboxylic acids is 2. The van der Waals surface area contributed by atoms with Crippen LogP contribution in [0.4, 0.5) is 0 Å². The summed E-state index contributed by atoms with van der Waals surface area (Å²) < 4.78 is 0. The van der Waals surface area contributed by atoms with E-state index in [9.17, 15) is 9.59 Å². The first-order valence-corrected chi connectivity index (χ1v) is 8.24. The van der Waals surface area contributed by atoms with Crippen molar-refractivity contribution in [2.45, 2.75) is 26.1 Å². The zero-order chi connectivity index (χ0) is 16.5. The van der Waals surface area contributed by atoms with E-state index in [1.54, 1.807) is 11.1 Å². The summed E-state index contributed by atoms with van der Waals surface area (Å²) in [6.07, 6.45) is 2.03. The fraction of sp³-hybridized carbons (Fsp3) is 0.316. The molecule has 2 amide bonds. The zero-order valence-corrected chi connectivity index (χ0v) is 13.4. The molecule has 2 aliphatic rings. The summed E-state index contributed by atoms with van der Waals surface area (Å²) in [5.41, 5.74) is 3.27. The lowest BCUT2D eigenvalue weighted by Crippen LogP contribution is -2.33. The van der Waals surface area contributed by atoms with E-state index in [1.807, 2.05) is 35.2 Å². The molecule has 122 valence electrons. The molecular formula is C19H19N3O2. The van der Waals surface area contributed by atoms with Gasteiger partial charge in [-0.25, -0.2) is 0 Å². The normalized spacial score (nSPS) is 19.7. The van der Waals surface area contributed by atoms with Gasteiger partial charge in [-0.15, -0.1) is 0 Å². The molecule has 5 nitrogen and oxygen atoms in total. The number of nitrogens with zero attached hydrogens (tertiary/aromatic N) is 3. The molecule has 0 spiro atoms. The van der Waals surface area contributed by atoms with Gasteiger partial charge in [0.2, 0.25) is 11.8 Å². The molecule has 1 atom stereocenters. The number of fused-ring (bicyclic) bond motifs is 1. The fourth-order valence-corrected chi connectivity index (χ4v) is 3.52. The minimum absolute atomic E-state index is 0.0377. The minimum Gasteiger partial charge on any atom is -0.336 e. The lowest BCUT2D eigenvalue weighted by Gasteiger charge is -2.20. The van der Waals surface area contributed by atoms with Crippen LogP contribution in [0.3, 0.4) is 0 Å². The van der Waals surface area contributed by atoms with Crippen LogP contribution in [-0.4, -0.2) is 33.1 Å². The van der Waals surface area contributed by atoms with Gasteiger partial charge < -0.3 is 9.80 Å². The molecule has 4 rings (SSSR count). The standard InChI is InChI=1S/C19H19N3O2/c23-18-9-16(12-21(18)13-17-7-3-4-8-20-17)19(24)22-10-14-5-1-2-6-15(14)11-22/h1-8,16H,9-13H2/t16-/m0/s1. The van der Waals surface area contributed by atoms with Crippen molar-refractivity contribution in [2.24, 2.45) is 5.92 Å². The SMILES string of the molecule is O=C1C[C@H](C(=O)N2Cc3ccccc3C2)CN1Cc1ccccn1. The van der Waals surface area contributed by atoms with Gasteiger partial charge in [-0.3, -0.25) is 14.6 Å². The summed E-state index contributed by atoms with van der Waals surface area (Å²) in [5.74, 6) is -0.116. The van der Waals surface area contributed by atoms with Crippen molar-refractivity contribution in [3.8, 4) is 0 Å². The number of hydrogen-bond donors (Lipinski definition) is 0. The van der Waals surface area contributed by atoms with E-state index in [-0.39, 0.29) is 17.7 Å². The predicted octanol–water partition coefficient (Wildman–Crippen LogP) is 1.97. The van der Waals surface area contributed by atoms with E-state index < -0.39 is 0 Å². The number of likely N-dealkylation sites (tertiary alicyclic amines) is 1. The van der Waals surface area contributed by atoms with E-state index in [0.29, 0.717) is 32.6 Å². The van der Waals surface area contributed by atoms with Crippen molar-refractivity contribution >= 4 is 11.8 Å². The first kappa shape index (κ1) is 14.9. The van der Waals surface area contributed by atoms with Crippen molar-refractivity contribution in [3.63, 3.8) is 0 Å². The Labute approximate surface area is 140 Å². The summed E-state index contributed by atoms with van der Waals surface area (Å²) >= 11 is 0. The van der Waals surface area contributed by atoms with Crippen molar-refractivity contribution in [2.75, 3.05) is 6.54 Å². The highest BCUT2D eigenvalue weighted by Crippen LogP contribution is 2.27. The van der Waals surface area contributed by atoms with E-state index in [1.165, 1.54) is 11.1 Å². The molecular weight excluding hydrogens is 302 g/mol. The van der Waals surface area contributed by atoms with E-state index >= 15 is 0 Å². The van der Waals surface area contributed by atoms with Gasteiger partial charge in [0.25, 0.3) is 0 Å². The van der Waals surface area contributed by atoms with Crippen molar-refractivity contribution in [1.29, 1.82) is 0 Å². The van der Waals surface area contributed by atoms with Crippen LogP contribution >= 0.6 is 0 Å². The van der Waals surface area contributed by atoms with Crippen LogP contribution in [-0.2, 0) is 29.2 Å². The van der Waals surface area contributed by atoms with E-state index in [0.717, 1.165) is 5.69 Å². The van der Waals surface area contributed by atoms with Gasteiger partial charge in [0.05, 0.1) is 18.2 Å². The lowest BCUT2D eigenvalue weighted by atomic mass is 10.1. The van der Waals surface area contributed by atoms with E-state index in [4.69, 9.17) is 0 Å². The monoisotopic (exact) mass is 321 g/mol. The van der Waals surface area contributed by atoms with Gasteiger partial charge in [-0.1, -0.05) is 30.3 Å². The Morgan fingerprint density at radius 1 is 1.08 bits per heavy atom. The van der Waals surface area contributed by atoms with Crippen LogP contribution in [0.25, 0.3) is 0 Å². The first-order chi connectivity index (χ1) is 11.7. The maximum atomic E-state index is 12.8. The molecule has 0 bridgehead atoms. The molecule has 0 N–H and O–H groups in total. The van der Waals surface area contributed by atoms with Crippen LogP contribution in [0.5, 0.6) is 0 Å². The highest BCUT2D eigenvalue weighted by atomic mass is 16.2. The average Bonchev–Trinajstić information content (AvgIpc) is 3.19. The number of carbonyl (C=O) groups is 2. The van der Waals surface area contributed by atoms with Crippen molar-refractivity contribution in [1.82, 2.24) is 14.8 Å². The molecule has 0 saturated carbocycles.